The predicted octanol–water partition coefficient (Wildman–Crippen LogP) is 0.975. The largest absolute Gasteiger partial charge is 0.352 e. The average Bonchev–Trinajstić information content (AvgIpc) is 2.82. The van der Waals surface area contributed by atoms with Crippen LogP contribution in [0.4, 0.5) is 0 Å². The average molecular weight is 253 g/mol. The molecular weight excluding hydrogens is 226 g/mol. The predicted molar refractivity (Wildman–Crippen MR) is 73.5 cm³/mol. The van der Waals surface area contributed by atoms with E-state index in [1.807, 2.05) is 7.05 Å². The standard InChI is InChI=1S/C14H27N3O/c1-11-9-17(8-7-13(11)15-2)10-14(18)16-12-5-3-4-6-12/h11-13,15H,3-10H2,1-2H3,(H,16,18). The smallest absolute Gasteiger partial charge is 0.234 e. The Kier molecular flexibility index (Phi) is 5.01. The van der Waals surface area contributed by atoms with Gasteiger partial charge in [0.1, 0.15) is 0 Å². The van der Waals surface area contributed by atoms with Crippen molar-refractivity contribution in [2.75, 3.05) is 26.7 Å². The fourth-order valence-electron chi connectivity index (χ4n) is 3.35. The van der Waals surface area contributed by atoms with Crippen molar-refractivity contribution in [2.24, 2.45) is 5.92 Å². The van der Waals surface area contributed by atoms with Crippen molar-refractivity contribution in [3.8, 4) is 0 Å². The maximum absolute atomic E-state index is 12.0. The quantitative estimate of drug-likeness (QED) is 0.785. The van der Waals surface area contributed by atoms with Crippen LogP contribution in [0.15, 0.2) is 0 Å². The first-order valence-electron chi connectivity index (χ1n) is 7.38. The molecule has 104 valence electrons. The van der Waals surface area contributed by atoms with Crippen molar-refractivity contribution in [3.63, 3.8) is 0 Å². The van der Waals surface area contributed by atoms with Crippen LogP contribution in [-0.2, 0) is 4.79 Å². The fourth-order valence-corrected chi connectivity index (χ4v) is 3.35. The molecular formula is C14H27N3O. The van der Waals surface area contributed by atoms with Crippen LogP contribution < -0.4 is 10.6 Å². The Balaban J connectivity index is 1.71. The summed E-state index contributed by atoms with van der Waals surface area (Å²) in [6.45, 7) is 4.91. The maximum atomic E-state index is 12.0. The van der Waals surface area contributed by atoms with Gasteiger partial charge in [0, 0.05) is 25.2 Å². The normalized spacial score (nSPS) is 30.6. The summed E-state index contributed by atoms with van der Waals surface area (Å²) >= 11 is 0. The van der Waals surface area contributed by atoms with E-state index < -0.39 is 0 Å². The molecule has 2 fully saturated rings. The molecule has 0 aromatic heterocycles. The lowest BCUT2D eigenvalue weighted by atomic mass is 9.94. The van der Waals surface area contributed by atoms with Gasteiger partial charge in [0.05, 0.1) is 6.54 Å². The highest BCUT2D eigenvalue weighted by atomic mass is 16.2. The van der Waals surface area contributed by atoms with Crippen LogP contribution in [0.2, 0.25) is 0 Å². The molecule has 0 aromatic carbocycles. The number of hydrogen-bond donors (Lipinski definition) is 2. The van der Waals surface area contributed by atoms with E-state index in [1.165, 1.54) is 25.7 Å². The molecule has 18 heavy (non-hydrogen) atoms. The van der Waals surface area contributed by atoms with Crippen LogP contribution in [0.25, 0.3) is 0 Å². The zero-order chi connectivity index (χ0) is 13.0. The molecule has 0 aromatic rings. The van der Waals surface area contributed by atoms with E-state index in [4.69, 9.17) is 0 Å². The number of hydrogen-bond acceptors (Lipinski definition) is 3. The number of likely N-dealkylation sites (tertiary alicyclic amines) is 1. The van der Waals surface area contributed by atoms with Crippen LogP contribution in [0.1, 0.15) is 39.0 Å². The highest BCUT2D eigenvalue weighted by Gasteiger charge is 2.26. The Bertz CT molecular complexity index is 276. The van der Waals surface area contributed by atoms with Gasteiger partial charge in [-0.2, -0.15) is 0 Å². The van der Waals surface area contributed by atoms with Gasteiger partial charge in [-0.15, -0.1) is 0 Å². The number of nitrogens with one attached hydrogen (secondary N) is 2. The third-order valence-corrected chi connectivity index (χ3v) is 4.45. The molecule has 1 saturated heterocycles. The summed E-state index contributed by atoms with van der Waals surface area (Å²) in [4.78, 5) is 14.3. The van der Waals surface area contributed by atoms with Gasteiger partial charge in [-0.25, -0.2) is 0 Å². The first-order chi connectivity index (χ1) is 8.69. The van der Waals surface area contributed by atoms with E-state index >= 15 is 0 Å². The zero-order valence-electron chi connectivity index (χ0n) is 11.7. The second-order valence-electron chi connectivity index (χ2n) is 5.95. The van der Waals surface area contributed by atoms with E-state index in [1.54, 1.807) is 0 Å². The van der Waals surface area contributed by atoms with Crippen molar-refractivity contribution in [1.82, 2.24) is 15.5 Å². The van der Waals surface area contributed by atoms with Crippen molar-refractivity contribution in [3.05, 3.63) is 0 Å². The molecule has 2 atom stereocenters. The van der Waals surface area contributed by atoms with Gasteiger partial charge in [-0.1, -0.05) is 19.8 Å². The molecule has 0 bridgehead atoms. The molecule has 2 unspecified atom stereocenters. The fraction of sp³-hybridized carbons (Fsp3) is 0.929. The van der Waals surface area contributed by atoms with Crippen LogP contribution >= 0.6 is 0 Å². The van der Waals surface area contributed by atoms with Gasteiger partial charge < -0.3 is 10.6 Å². The van der Waals surface area contributed by atoms with E-state index in [-0.39, 0.29) is 5.91 Å². The summed E-state index contributed by atoms with van der Waals surface area (Å²) in [5.41, 5.74) is 0. The Labute approximate surface area is 110 Å². The summed E-state index contributed by atoms with van der Waals surface area (Å²) in [6, 6.07) is 1.06. The third kappa shape index (κ3) is 3.69. The van der Waals surface area contributed by atoms with E-state index in [0.29, 0.717) is 24.5 Å². The van der Waals surface area contributed by atoms with Gasteiger partial charge in [0.15, 0.2) is 0 Å². The van der Waals surface area contributed by atoms with Crippen molar-refractivity contribution < 1.29 is 4.79 Å². The molecule has 1 aliphatic carbocycles. The van der Waals surface area contributed by atoms with Crippen LogP contribution in [0.3, 0.4) is 0 Å². The minimum absolute atomic E-state index is 0.219. The SMILES string of the molecule is CNC1CCN(CC(=O)NC2CCCC2)CC1C. The molecule has 2 rings (SSSR count). The Morgan fingerprint density at radius 1 is 1.28 bits per heavy atom. The molecule has 2 N–H and O–H groups in total. The van der Waals surface area contributed by atoms with E-state index in [9.17, 15) is 4.79 Å². The minimum atomic E-state index is 0.219. The second-order valence-corrected chi connectivity index (χ2v) is 5.95. The lowest BCUT2D eigenvalue weighted by Gasteiger charge is -2.36. The van der Waals surface area contributed by atoms with Crippen molar-refractivity contribution in [1.29, 1.82) is 0 Å². The monoisotopic (exact) mass is 253 g/mol. The van der Waals surface area contributed by atoms with Gasteiger partial charge in [-0.3, -0.25) is 9.69 Å². The van der Waals surface area contributed by atoms with Gasteiger partial charge in [0.25, 0.3) is 0 Å². The van der Waals surface area contributed by atoms with Gasteiger partial charge >= 0.3 is 0 Å². The van der Waals surface area contributed by atoms with Crippen LogP contribution in [0, 0.1) is 5.92 Å². The van der Waals surface area contributed by atoms with Gasteiger partial charge in [-0.05, 0) is 32.2 Å². The summed E-state index contributed by atoms with van der Waals surface area (Å²) < 4.78 is 0. The highest BCUT2D eigenvalue weighted by molar-refractivity contribution is 5.78. The molecule has 1 heterocycles. The Hall–Kier alpha value is -0.610. The van der Waals surface area contributed by atoms with E-state index in [2.05, 4.69) is 22.5 Å². The number of piperidine rings is 1. The number of amides is 1. The first-order valence-corrected chi connectivity index (χ1v) is 7.38. The van der Waals surface area contributed by atoms with Crippen LogP contribution in [0.5, 0.6) is 0 Å². The van der Waals surface area contributed by atoms with Gasteiger partial charge in [0.2, 0.25) is 5.91 Å². The molecule has 1 saturated carbocycles. The van der Waals surface area contributed by atoms with E-state index in [0.717, 1.165) is 19.5 Å². The first kappa shape index (κ1) is 13.8. The summed E-state index contributed by atoms with van der Waals surface area (Å²) in [7, 11) is 2.03. The zero-order valence-corrected chi connectivity index (χ0v) is 11.7. The van der Waals surface area contributed by atoms with Crippen LogP contribution in [-0.4, -0.2) is 49.6 Å². The second kappa shape index (κ2) is 6.53. The lowest BCUT2D eigenvalue weighted by Crippen LogP contribution is -2.50. The molecule has 0 radical (unpaired) electrons. The molecule has 0 spiro atoms. The summed E-state index contributed by atoms with van der Waals surface area (Å²) in [6.07, 6.45) is 6.04. The lowest BCUT2D eigenvalue weighted by molar-refractivity contribution is -0.123. The number of rotatable bonds is 4. The molecule has 4 heteroatoms. The topological polar surface area (TPSA) is 44.4 Å². The summed E-state index contributed by atoms with van der Waals surface area (Å²) in [5, 5.41) is 6.53. The number of nitrogens with zero attached hydrogens (tertiary/aromatic N) is 1. The highest BCUT2D eigenvalue weighted by Crippen LogP contribution is 2.18. The van der Waals surface area contributed by atoms with Crippen molar-refractivity contribution >= 4 is 5.91 Å². The Morgan fingerprint density at radius 3 is 2.61 bits per heavy atom. The third-order valence-electron chi connectivity index (χ3n) is 4.45. The van der Waals surface area contributed by atoms with Crippen molar-refractivity contribution in [2.45, 2.75) is 51.1 Å². The molecule has 1 aliphatic heterocycles. The minimum Gasteiger partial charge on any atom is -0.352 e. The molecule has 2 aliphatic rings. The summed E-state index contributed by atoms with van der Waals surface area (Å²) in [5.74, 6) is 0.847. The maximum Gasteiger partial charge on any atom is 0.234 e. The number of carbonyl (C=O) groups excluding carboxylic acids is 1. The number of carbonyl (C=O) groups is 1. The Morgan fingerprint density at radius 2 is 2.00 bits per heavy atom. The molecule has 4 nitrogen and oxygen atoms in total. The molecule has 1 amide bonds.